The summed E-state index contributed by atoms with van der Waals surface area (Å²) in [5.41, 5.74) is 2.14. The van der Waals surface area contributed by atoms with Gasteiger partial charge in [0.15, 0.2) is 5.89 Å². The summed E-state index contributed by atoms with van der Waals surface area (Å²) in [5, 5.41) is 0.827. The molecule has 1 saturated heterocycles. The van der Waals surface area contributed by atoms with Gasteiger partial charge in [-0.2, -0.15) is 0 Å². The van der Waals surface area contributed by atoms with Gasteiger partial charge in [0.25, 0.3) is 0 Å². The van der Waals surface area contributed by atoms with Crippen LogP contribution in [0.2, 0.25) is 5.02 Å². The highest BCUT2D eigenvalue weighted by atomic mass is 35.5. The van der Waals surface area contributed by atoms with Crippen LogP contribution in [0.25, 0.3) is 0 Å². The lowest BCUT2D eigenvalue weighted by molar-refractivity contribution is 0.247. The summed E-state index contributed by atoms with van der Waals surface area (Å²) in [7, 11) is 0. The van der Waals surface area contributed by atoms with Crippen LogP contribution in [0.5, 0.6) is 0 Å². The number of halogens is 1. The minimum Gasteiger partial charge on any atom is -0.449 e. The Morgan fingerprint density at radius 1 is 1.20 bits per heavy atom. The molecule has 0 aliphatic carbocycles. The number of oxazole rings is 1. The van der Waals surface area contributed by atoms with Crippen molar-refractivity contribution in [1.82, 2.24) is 9.88 Å². The molecule has 0 amide bonds. The quantitative estimate of drug-likeness (QED) is 0.870. The van der Waals surface area contributed by atoms with Crippen molar-refractivity contribution in [2.24, 2.45) is 0 Å². The number of piperazine rings is 1. The van der Waals surface area contributed by atoms with Crippen LogP contribution in [-0.4, -0.2) is 36.1 Å². The highest BCUT2D eigenvalue weighted by molar-refractivity contribution is 6.33. The first-order valence-corrected chi connectivity index (χ1v) is 7.23. The highest BCUT2D eigenvalue weighted by Gasteiger charge is 2.19. The fourth-order valence-electron chi connectivity index (χ4n) is 2.57. The van der Waals surface area contributed by atoms with Crippen LogP contribution in [0, 0.1) is 6.92 Å². The van der Waals surface area contributed by atoms with Gasteiger partial charge in [-0.25, -0.2) is 4.98 Å². The first kappa shape index (κ1) is 13.5. The zero-order valence-electron chi connectivity index (χ0n) is 11.6. The minimum atomic E-state index is 0.731. The lowest BCUT2D eigenvalue weighted by atomic mass is 10.2. The number of nitrogens with zero attached hydrogens (tertiary/aromatic N) is 3. The summed E-state index contributed by atoms with van der Waals surface area (Å²) < 4.78 is 5.25. The summed E-state index contributed by atoms with van der Waals surface area (Å²) in [5.74, 6) is 0.731. The zero-order valence-corrected chi connectivity index (χ0v) is 12.3. The second kappa shape index (κ2) is 5.85. The van der Waals surface area contributed by atoms with Gasteiger partial charge in [-0.05, 0) is 12.1 Å². The van der Waals surface area contributed by atoms with Crippen LogP contribution < -0.4 is 4.90 Å². The molecule has 0 radical (unpaired) electrons. The Balaban J connectivity index is 1.58. The van der Waals surface area contributed by atoms with Gasteiger partial charge in [0.05, 0.1) is 16.4 Å². The second-order valence-corrected chi connectivity index (χ2v) is 5.48. The Morgan fingerprint density at radius 3 is 2.60 bits per heavy atom. The van der Waals surface area contributed by atoms with Crippen LogP contribution in [0.15, 0.2) is 34.9 Å². The topological polar surface area (TPSA) is 32.5 Å². The molecule has 5 heteroatoms. The third kappa shape index (κ3) is 2.97. The molecular weight excluding hydrogens is 274 g/mol. The number of rotatable bonds is 3. The molecule has 0 N–H and O–H groups in total. The van der Waals surface area contributed by atoms with Gasteiger partial charge in [-0.1, -0.05) is 23.7 Å². The minimum absolute atomic E-state index is 0.731. The third-order valence-electron chi connectivity index (χ3n) is 3.62. The molecule has 1 aliphatic rings. The number of aryl methyl sites for hydroxylation is 1. The van der Waals surface area contributed by atoms with Crippen LogP contribution in [0.1, 0.15) is 11.6 Å². The summed E-state index contributed by atoms with van der Waals surface area (Å²) in [4.78, 5) is 9.09. The number of para-hydroxylation sites is 1. The monoisotopic (exact) mass is 291 g/mol. The molecule has 1 aromatic carbocycles. The molecular formula is C15H18ClN3O. The molecule has 0 spiro atoms. The molecule has 0 unspecified atom stereocenters. The third-order valence-corrected chi connectivity index (χ3v) is 3.94. The fourth-order valence-corrected chi connectivity index (χ4v) is 2.82. The average Bonchev–Trinajstić information content (AvgIpc) is 2.86. The molecule has 2 heterocycles. The molecule has 20 heavy (non-hydrogen) atoms. The Bertz CT molecular complexity index is 576. The summed E-state index contributed by atoms with van der Waals surface area (Å²) in [6.07, 6.45) is 1.75. The van der Waals surface area contributed by atoms with Gasteiger partial charge in [0.1, 0.15) is 6.26 Å². The smallest absolute Gasteiger partial charge is 0.191 e. The van der Waals surface area contributed by atoms with Gasteiger partial charge in [0.2, 0.25) is 0 Å². The lowest BCUT2D eigenvalue weighted by Gasteiger charge is -2.36. The first-order valence-electron chi connectivity index (χ1n) is 6.85. The van der Waals surface area contributed by atoms with E-state index in [1.807, 2.05) is 25.1 Å². The summed E-state index contributed by atoms with van der Waals surface area (Å²) in [6.45, 7) is 6.72. The molecule has 0 atom stereocenters. The lowest BCUT2D eigenvalue weighted by Crippen LogP contribution is -2.46. The van der Waals surface area contributed by atoms with E-state index in [9.17, 15) is 0 Å². The molecule has 1 aromatic heterocycles. The SMILES string of the molecule is Cc1nc(CN2CCN(c3ccccc3Cl)CC2)co1. The number of benzene rings is 1. The standard InChI is InChI=1S/C15H18ClN3O/c1-12-17-13(11-20-12)10-18-6-8-19(9-7-18)15-5-3-2-4-14(15)16/h2-5,11H,6-10H2,1H3. The zero-order chi connectivity index (χ0) is 13.9. The van der Waals surface area contributed by atoms with Crippen LogP contribution in [0.3, 0.4) is 0 Å². The molecule has 1 fully saturated rings. The summed E-state index contributed by atoms with van der Waals surface area (Å²) >= 11 is 6.25. The maximum Gasteiger partial charge on any atom is 0.191 e. The van der Waals surface area contributed by atoms with Gasteiger partial charge in [0, 0.05) is 39.6 Å². The van der Waals surface area contributed by atoms with E-state index in [0.29, 0.717) is 0 Å². The molecule has 1 aliphatic heterocycles. The van der Waals surface area contributed by atoms with Gasteiger partial charge in [-0.3, -0.25) is 4.90 Å². The predicted molar refractivity (Wildman–Crippen MR) is 80.2 cm³/mol. The van der Waals surface area contributed by atoms with Crippen molar-refractivity contribution in [1.29, 1.82) is 0 Å². The van der Waals surface area contributed by atoms with Crippen LogP contribution in [-0.2, 0) is 6.54 Å². The maximum absolute atomic E-state index is 6.25. The molecule has 4 nitrogen and oxygen atoms in total. The Morgan fingerprint density at radius 2 is 1.95 bits per heavy atom. The van der Waals surface area contributed by atoms with Crippen LogP contribution in [0.4, 0.5) is 5.69 Å². The Kier molecular flexibility index (Phi) is 3.94. The second-order valence-electron chi connectivity index (χ2n) is 5.07. The Hall–Kier alpha value is -1.52. The van der Waals surface area contributed by atoms with Crippen molar-refractivity contribution in [2.45, 2.75) is 13.5 Å². The van der Waals surface area contributed by atoms with Crippen molar-refractivity contribution >= 4 is 17.3 Å². The van der Waals surface area contributed by atoms with E-state index in [0.717, 1.165) is 55.0 Å². The van der Waals surface area contributed by atoms with E-state index < -0.39 is 0 Å². The fraction of sp³-hybridized carbons (Fsp3) is 0.400. The number of anilines is 1. The average molecular weight is 292 g/mol. The highest BCUT2D eigenvalue weighted by Crippen LogP contribution is 2.26. The predicted octanol–water partition coefficient (Wildman–Crippen LogP) is 2.96. The van der Waals surface area contributed by atoms with E-state index in [2.05, 4.69) is 20.9 Å². The maximum atomic E-state index is 6.25. The van der Waals surface area contributed by atoms with Crippen molar-refractivity contribution in [3.05, 3.63) is 47.1 Å². The molecule has 3 rings (SSSR count). The largest absolute Gasteiger partial charge is 0.449 e. The van der Waals surface area contributed by atoms with Crippen LogP contribution >= 0.6 is 11.6 Å². The van der Waals surface area contributed by atoms with Crippen molar-refractivity contribution < 1.29 is 4.42 Å². The van der Waals surface area contributed by atoms with Gasteiger partial charge >= 0.3 is 0 Å². The van der Waals surface area contributed by atoms with Crippen molar-refractivity contribution in [3.63, 3.8) is 0 Å². The van der Waals surface area contributed by atoms with Crippen molar-refractivity contribution in [3.8, 4) is 0 Å². The Labute approximate surface area is 124 Å². The molecule has 106 valence electrons. The van der Waals surface area contributed by atoms with Gasteiger partial charge < -0.3 is 9.32 Å². The van der Waals surface area contributed by atoms with E-state index in [-0.39, 0.29) is 0 Å². The molecule has 0 bridgehead atoms. The normalized spacial score (nSPS) is 16.6. The number of hydrogen-bond donors (Lipinski definition) is 0. The molecule has 0 saturated carbocycles. The van der Waals surface area contributed by atoms with E-state index in [1.54, 1.807) is 6.26 Å². The van der Waals surface area contributed by atoms with E-state index >= 15 is 0 Å². The first-order chi connectivity index (χ1) is 9.72. The number of hydrogen-bond acceptors (Lipinski definition) is 4. The van der Waals surface area contributed by atoms with E-state index in [4.69, 9.17) is 16.0 Å². The van der Waals surface area contributed by atoms with Crippen molar-refractivity contribution in [2.75, 3.05) is 31.1 Å². The van der Waals surface area contributed by atoms with Gasteiger partial charge in [-0.15, -0.1) is 0 Å². The molecule has 2 aromatic rings. The van der Waals surface area contributed by atoms with E-state index in [1.165, 1.54) is 0 Å². The number of aromatic nitrogens is 1. The summed E-state index contributed by atoms with van der Waals surface area (Å²) in [6, 6.07) is 8.03.